The largest absolute Gasteiger partial charge is 0.341 e. The maximum absolute atomic E-state index is 12.2. The molecular formula is C12H15N3O2. The molecule has 0 radical (unpaired) electrons. The van der Waals surface area contributed by atoms with Gasteiger partial charge in [-0.3, -0.25) is 19.5 Å². The van der Waals surface area contributed by atoms with Crippen LogP contribution >= 0.6 is 0 Å². The second-order valence-electron chi connectivity index (χ2n) is 4.72. The summed E-state index contributed by atoms with van der Waals surface area (Å²) in [6.07, 6.45) is 1.61. The number of nitrogens with zero attached hydrogens (tertiary/aromatic N) is 2. The first-order valence-electron chi connectivity index (χ1n) is 5.46. The zero-order valence-electron chi connectivity index (χ0n) is 10.2. The molecule has 1 N–H and O–H groups in total. The molecule has 1 aromatic heterocycles. The van der Waals surface area contributed by atoms with E-state index in [1.54, 1.807) is 26.1 Å². The first kappa shape index (κ1) is 11.6. The normalized spacial score (nSPS) is 19.1. The van der Waals surface area contributed by atoms with E-state index in [4.69, 9.17) is 0 Å². The van der Waals surface area contributed by atoms with Crippen LogP contribution in [-0.2, 0) is 9.59 Å². The Balaban J connectivity index is 2.34. The standard InChI is InChI=1S/C12H15N3O2/c1-8-4-5-9(6-13-8)15-7-10(16)14-12(2,3)11(15)17/h4-6H,7H2,1-3H3,(H,14,16). The van der Waals surface area contributed by atoms with Crippen molar-refractivity contribution in [3.63, 3.8) is 0 Å². The number of amides is 2. The zero-order valence-corrected chi connectivity index (χ0v) is 10.2. The van der Waals surface area contributed by atoms with E-state index in [9.17, 15) is 9.59 Å². The van der Waals surface area contributed by atoms with Crippen molar-refractivity contribution >= 4 is 17.5 Å². The molecule has 90 valence electrons. The zero-order chi connectivity index (χ0) is 12.6. The van der Waals surface area contributed by atoms with Gasteiger partial charge in [0.2, 0.25) is 5.91 Å². The number of carbonyl (C=O) groups is 2. The van der Waals surface area contributed by atoms with Gasteiger partial charge in [-0.2, -0.15) is 0 Å². The molecule has 1 fully saturated rings. The average molecular weight is 233 g/mol. The van der Waals surface area contributed by atoms with E-state index in [0.29, 0.717) is 5.69 Å². The number of hydrogen-bond donors (Lipinski definition) is 1. The third-order valence-corrected chi connectivity index (χ3v) is 2.74. The highest BCUT2D eigenvalue weighted by molar-refractivity contribution is 6.08. The molecule has 2 rings (SSSR count). The monoisotopic (exact) mass is 233 g/mol. The molecule has 0 atom stereocenters. The molecule has 0 aromatic carbocycles. The summed E-state index contributed by atoms with van der Waals surface area (Å²) < 4.78 is 0. The Morgan fingerprint density at radius 3 is 2.65 bits per heavy atom. The molecule has 5 heteroatoms. The minimum absolute atomic E-state index is 0.0486. The summed E-state index contributed by atoms with van der Waals surface area (Å²) in [6, 6.07) is 3.62. The van der Waals surface area contributed by atoms with Gasteiger partial charge in [-0.15, -0.1) is 0 Å². The van der Waals surface area contributed by atoms with Gasteiger partial charge in [-0.25, -0.2) is 0 Å². The van der Waals surface area contributed by atoms with Crippen molar-refractivity contribution in [2.45, 2.75) is 26.3 Å². The molecule has 1 aromatic rings. The lowest BCUT2D eigenvalue weighted by Gasteiger charge is -2.37. The third kappa shape index (κ3) is 2.13. The molecule has 0 aliphatic carbocycles. The van der Waals surface area contributed by atoms with Crippen LogP contribution in [-0.4, -0.2) is 28.9 Å². The van der Waals surface area contributed by atoms with Crippen molar-refractivity contribution in [2.75, 3.05) is 11.4 Å². The summed E-state index contributed by atoms with van der Waals surface area (Å²) in [6.45, 7) is 5.31. The van der Waals surface area contributed by atoms with Gasteiger partial charge in [-0.1, -0.05) is 0 Å². The number of rotatable bonds is 1. The lowest BCUT2D eigenvalue weighted by atomic mass is 10.00. The highest BCUT2D eigenvalue weighted by atomic mass is 16.2. The summed E-state index contributed by atoms with van der Waals surface area (Å²) in [5, 5.41) is 2.67. The molecule has 1 aliphatic heterocycles. The van der Waals surface area contributed by atoms with Crippen molar-refractivity contribution in [1.82, 2.24) is 10.3 Å². The van der Waals surface area contributed by atoms with Gasteiger partial charge in [0.1, 0.15) is 12.1 Å². The lowest BCUT2D eigenvalue weighted by Crippen LogP contribution is -2.64. The fraction of sp³-hybridized carbons (Fsp3) is 0.417. The van der Waals surface area contributed by atoms with E-state index < -0.39 is 5.54 Å². The maximum atomic E-state index is 12.2. The number of hydrogen-bond acceptors (Lipinski definition) is 3. The van der Waals surface area contributed by atoms with Gasteiger partial charge >= 0.3 is 0 Å². The molecule has 5 nitrogen and oxygen atoms in total. The molecule has 1 saturated heterocycles. The van der Waals surface area contributed by atoms with E-state index >= 15 is 0 Å². The minimum atomic E-state index is -0.861. The van der Waals surface area contributed by atoms with Gasteiger partial charge in [0, 0.05) is 5.69 Å². The molecular weight excluding hydrogens is 218 g/mol. The molecule has 2 heterocycles. The van der Waals surface area contributed by atoms with E-state index in [1.165, 1.54) is 4.90 Å². The van der Waals surface area contributed by atoms with Crippen LogP contribution in [0.5, 0.6) is 0 Å². The SMILES string of the molecule is Cc1ccc(N2CC(=O)NC(C)(C)C2=O)cn1. The fourth-order valence-electron chi connectivity index (χ4n) is 1.82. The molecule has 2 amide bonds. The third-order valence-electron chi connectivity index (χ3n) is 2.74. The molecule has 0 spiro atoms. The Morgan fingerprint density at radius 1 is 1.35 bits per heavy atom. The lowest BCUT2D eigenvalue weighted by molar-refractivity contribution is -0.134. The quantitative estimate of drug-likeness (QED) is 0.774. The topological polar surface area (TPSA) is 62.3 Å². The van der Waals surface area contributed by atoms with Crippen molar-refractivity contribution in [3.8, 4) is 0 Å². The van der Waals surface area contributed by atoms with E-state index in [0.717, 1.165) is 5.69 Å². The maximum Gasteiger partial charge on any atom is 0.252 e. The second kappa shape index (κ2) is 3.84. The Morgan fingerprint density at radius 2 is 2.06 bits per heavy atom. The van der Waals surface area contributed by atoms with Crippen LogP contribution in [0.3, 0.4) is 0 Å². The van der Waals surface area contributed by atoms with Crippen LogP contribution in [0, 0.1) is 6.92 Å². The van der Waals surface area contributed by atoms with E-state index in [1.807, 2.05) is 13.0 Å². The average Bonchev–Trinajstić information content (AvgIpc) is 2.24. The summed E-state index contributed by atoms with van der Waals surface area (Å²) in [5.74, 6) is -0.280. The van der Waals surface area contributed by atoms with Crippen LogP contribution in [0.25, 0.3) is 0 Å². The fourth-order valence-corrected chi connectivity index (χ4v) is 1.82. The van der Waals surface area contributed by atoms with Crippen molar-refractivity contribution < 1.29 is 9.59 Å². The van der Waals surface area contributed by atoms with E-state index in [2.05, 4.69) is 10.3 Å². The predicted octanol–water partition coefficient (Wildman–Crippen LogP) is 0.631. The van der Waals surface area contributed by atoms with Gasteiger partial charge in [-0.05, 0) is 32.9 Å². The predicted molar refractivity (Wildman–Crippen MR) is 63.5 cm³/mol. The first-order chi connectivity index (χ1) is 7.90. The molecule has 17 heavy (non-hydrogen) atoms. The van der Waals surface area contributed by atoms with Crippen molar-refractivity contribution in [3.05, 3.63) is 24.0 Å². The molecule has 1 aliphatic rings. The van der Waals surface area contributed by atoms with Crippen LogP contribution in [0.2, 0.25) is 0 Å². The number of nitrogens with one attached hydrogen (secondary N) is 1. The summed E-state index contributed by atoms with van der Waals surface area (Å²) in [4.78, 5) is 29.3. The van der Waals surface area contributed by atoms with Crippen LogP contribution in [0.15, 0.2) is 18.3 Å². The van der Waals surface area contributed by atoms with Gasteiger partial charge < -0.3 is 5.32 Å². The van der Waals surface area contributed by atoms with Crippen molar-refractivity contribution in [1.29, 1.82) is 0 Å². The van der Waals surface area contributed by atoms with Crippen LogP contribution < -0.4 is 10.2 Å². The number of aromatic nitrogens is 1. The number of anilines is 1. The smallest absolute Gasteiger partial charge is 0.252 e. The highest BCUT2D eigenvalue weighted by Gasteiger charge is 2.39. The number of piperazine rings is 1. The molecule has 0 bridgehead atoms. The van der Waals surface area contributed by atoms with E-state index in [-0.39, 0.29) is 18.4 Å². The van der Waals surface area contributed by atoms with Gasteiger partial charge in [0.05, 0.1) is 11.9 Å². The summed E-state index contributed by atoms with van der Waals surface area (Å²) in [7, 11) is 0. The van der Waals surface area contributed by atoms with Crippen molar-refractivity contribution in [2.24, 2.45) is 0 Å². The van der Waals surface area contributed by atoms with Crippen LogP contribution in [0.1, 0.15) is 19.5 Å². The Kier molecular flexibility index (Phi) is 2.61. The number of aryl methyl sites for hydroxylation is 1. The van der Waals surface area contributed by atoms with Gasteiger partial charge in [0.25, 0.3) is 5.91 Å². The Hall–Kier alpha value is -1.91. The molecule has 0 unspecified atom stereocenters. The van der Waals surface area contributed by atoms with Crippen LogP contribution in [0.4, 0.5) is 5.69 Å². The highest BCUT2D eigenvalue weighted by Crippen LogP contribution is 2.20. The second-order valence-corrected chi connectivity index (χ2v) is 4.72. The minimum Gasteiger partial charge on any atom is -0.341 e. The number of carbonyl (C=O) groups excluding carboxylic acids is 2. The Labute approximate surface area is 99.8 Å². The Bertz CT molecular complexity index is 465. The van der Waals surface area contributed by atoms with Gasteiger partial charge in [0.15, 0.2) is 0 Å². The summed E-state index contributed by atoms with van der Waals surface area (Å²) in [5.41, 5.74) is 0.672. The number of pyridine rings is 1. The molecule has 0 saturated carbocycles. The summed E-state index contributed by atoms with van der Waals surface area (Å²) >= 11 is 0. The first-order valence-corrected chi connectivity index (χ1v) is 5.46.